The van der Waals surface area contributed by atoms with E-state index in [9.17, 15) is 4.39 Å². The Balaban J connectivity index is 2.93. The van der Waals surface area contributed by atoms with Crippen LogP contribution in [0.2, 0.25) is 0 Å². The molecule has 0 spiro atoms. The third-order valence-corrected chi connectivity index (χ3v) is 1.54. The summed E-state index contributed by atoms with van der Waals surface area (Å²) in [5.41, 5.74) is 5.87. The molecule has 0 bridgehead atoms. The van der Waals surface area contributed by atoms with Crippen molar-refractivity contribution in [2.24, 2.45) is 5.73 Å². The monoisotopic (exact) mass is 154 g/mol. The summed E-state index contributed by atoms with van der Waals surface area (Å²) in [6.45, 7) is 0.320. The first-order chi connectivity index (χ1) is 5.25. The van der Waals surface area contributed by atoms with E-state index in [0.29, 0.717) is 12.4 Å². The Morgan fingerprint density at radius 2 is 2.09 bits per heavy atom. The minimum atomic E-state index is -0.236. The van der Waals surface area contributed by atoms with Gasteiger partial charge in [-0.1, -0.05) is 12.1 Å². The molecule has 0 unspecified atom stereocenters. The number of halogens is 1. The molecule has 0 aliphatic heterocycles. The molecule has 3 heteroatoms. The van der Waals surface area contributed by atoms with Crippen molar-refractivity contribution in [3.63, 3.8) is 0 Å². The van der Waals surface area contributed by atoms with Gasteiger partial charge < -0.3 is 10.6 Å². The Morgan fingerprint density at radius 1 is 1.45 bits per heavy atom. The minimum Gasteiger partial charge on any atom is -0.360 e. The summed E-state index contributed by atoms with van der Waals surface area (Å²) >= 11 is 0. The van der Waals surface area contributed by atoms with Crippen molar-refractivity contribution in [2.75, 3.05) is 18.6 Å². The molecule has 0 aromatic heterocycles. The van der Waals surface area contributed by atoms with Crippen LogP contribution in [0.3, 0.4) is 0 Å². The van der Waals surface area contributed by atoms with E-state index in [1.165, 1.54) is 6.07 Å². The Kier molecular flexibility index (Phi) is 2.44. The molecule has 60 valence electrons. The molecule has 0 radical (unpaired) electrons. The van der Waals surface area contributed by atoms with Gasteiger partial charge in [-0.3, -0.25) is 0 Å². The van der Waals surface area contributed by atoms with Crippen LogP contribution in [0.1, 0.15) is 0 Å². The number of hydrogen-bond donors (Lipinski definition) is 1. The van der Waals surface area contributed by atoms with Crippen molar-refractivity contribution in [3.8, 4) is 0 Å². The Morgan fingerprint density at radius 3 is 2.64 bits per heavy atom. The van der Waals surface area contributed by atoms with Crippen LogP contribution in [0.25, 0.3) is 0 Å². The van der Waals surface area contributed by atoms with E-state index < -0.39 is 0 Å². The zero-order valence-corrected chi connectivity index (χ0v) is 6.42. The molecular formula is C8H11FN2. The molecule has 0 amide bonds. The van der Waals surface area contributed by atoms with Crippen LogP contribution in [-0.2, 0) is 0 Å². The van der Waals surface area contributed by atoms with Crippen molar-refractivity contribution in [2.45, 2.75) is 0 Å². The Labute approximate surface area is 65.4 Å². The zero-order chi connectivity index (χ0) is 8.27. The van der Waals surface area contributed by atoms with Gasteiger partial charge in [-0.25, -0.2) is 4.39 Å². The lowest BCUT2D eigenvalue weighted by molar-refractivity contribution is 0.623. The molecule has 0 saturated heterocycles. The lowest BCUT2D eigenvalue weighted by Crippen LogP contribution is -2.25. The zero-order valence-electron chi connectivity index (χ0n) is 6.42. The highest BCUT2D eigenvalue weighted by Crippen LogP contribution is 2.15. The predicted molar refractivity (Wildman–Crippen MR) is 43.9 cm³/mol. The molecule has 0 aliphatic rings. The fraction of sp³-hybridized carbons (Fsp3) is 0.250. The molecule has 0 saturated carbocycles. The summed E-state index contributed by atoms with van der Waals surface area (Å²) in [6, 6.07) is 6.55. The Hall–Kier alpha value is -1.09. The van der Waals surface area contributed by atoms with E-state index in [1.807, 2.05) is 0 Å². The molecule has 11 heavy (non-hydrogen) atoms. The van der Waals surface area contributed by atoms with Crippen LogP contribution in [0.5, 0.6) is 0 Å². The summed E-state index contributed by atoms with van der Waals surface area (Å²) in [5.74, 6) is -0.236. The van der Waals surface area contributed by atoms with E-state index in [2.05, 4.69) is 0 Å². The van der Waals surface area contributed by atoms with E-state index in [4.69, 9.17) is 5.73 Å². The number of rotatable bonds is 2. The number of anilines is 1. The van der Waals surface area contributed by atoms with Gasteiger partial charge in [0, 0.05) is 7.05 Å². The standard InChI is InChI=1S/C8H11FN2/c1-11(6-10)8-5-3-2-4-7(8)9/h2-5H,6,10H2,1H3. The fourth-order valence-electron chi connectivity index (χ4n) is 0.860. The van der Waals surface area contributed by atoms with Gasteiger partial charge in [-0.2, -0.15) is 0 Å². The number of nitrogens with zero attached hydrogens (tertiary/aromatic N) is 1. The molecule has 0 atom stereocenters. The van der Waals surface area contributed by atoms with Gasteiger partial charge in [0.15, 0.2) is 0 Å². The van der Waals surface area contributed by atoms with Gasteiger partial charge in [0.05, 0.1) is 12.4 Å². The lowest BCUT2D eigenvalue weighted by atomic mass is 10.3. The average molecular weight is 154 g/mol. The van der Waals surface area contributed by atoms with Crippen LogP contribution in [0, 0.1) is 5.82 Å². The lowest BCUT2D eigenvalue weighted by Gasteiger charge is -2.16. The Bertz CT molecular complexity index is 237. The third kappa shape index (κ3) is 1.68. The summed E-state index contributed by atoms with van der Waals surface area (Å²) in [7, 11) is 1.75. The second kappa shape index (κ2) is 3.34. The molecule has 2 nitrogen and oxygen atoms in total. The molecule has 1 aromatic rings. The van der Waals surface area contributed by atoms with Crippen LogP contribution >= 0.6 is 0 Å². The highest BCUT2D eigenvalue weighted by Gasteiger charge is 2.02. The largest absolute Gasteiger partial charge is 0.360 e. The highest BCUT2D eigenvalue weighted by atomic mass is 19.1. The van der Waals surface area contributed by atoms with E-state index in [0.717, 1.165) is 0 Å². The predicted octanol–water partition coefficient (Wildman–Crippen LogP) is 1.18. The molecule has 1 rings (SSSR count). The molecule has 0 heterocycles. The number of benzene rings is 1. The summed E-state index contributed by atoms with van der Waals surface area (Å²) < 4.78 is 12.9. The average Bonchev–Trinajstić information content (AvgIpc) is 2.04. The van der Waals surface area contributed by atoms with Gasteiger partial charge in [0.1, 0.15) is 5.82 Å². The highest BCUT2D eigenvalue weighted by molar-refractivity contribution is 5.46. The summed E-state index contributed by atoms with van der Waals surface area (Å²) in [6.07, 6.45) is 0. The van der Waals surface area contributed by atoms with Crippen molar-refractivity contribution in [3.05, 3.63) is 30.1 Å². The first-order valence-corrected chi connectivity index (χ1v) is 3.41. The van der Waals surface area contributed by atoms with Gasteiger partial charge >= 0.3 is 0 Å². The van der Waals surface area contributed by atoms with Crippen molar-refractivity contribution >= 4 is 5.69 Å². The SMILES string of the molecule is CN(CN)c1ccccc1F. The van der Waals surface area contributed by atoms with Gasteiger partial charge in [-0.05, 0) is 12.1 Å². The normalized spacial score (nSPS) is 9.73. The van der Waals surface area contributed by atoms with E-state index in [-0.39, 0.29) is 5.82 Å². The van der Waals surface area contributed by atoms with Crippen molar-refractivity contribution in [1.82, 2.24) is 0 Å². The molecule has 1 aromatic carbocycles. The molecule has 2 N–H and O–H groups in total. The van der Waals surface area contributed by atoms with Crippen molar-refractivity contribution < 1.29 is 4.39 Å². The quantitative estimate of drug-likeness (QED) is 0.648. The maximum absolute atomic E-state index is 12.9. The first kappa shape index (κ1) is 8.01. The molecular weight excluding hydrogens is 143 g/mol. The van der Waals surface area contributed by atoms with Crippen molar-refractivity contribution in [1.29, 1.82) is 0 Å². The van der Waals surface area contributed by atoms with E-state index in [1.54, 1.807) is 30.1 Å². The fourth-order valence-corrected chi connectivity index (χ4v) is 0.860. The van der Waals surface area contributed by atoms with Gasteiger partial charge in [0.2, 0.25) is 0 Å². The maximum atomic E-state index is 12.9. The van der Waals surface area contributed by atoms with Crippen LogP contribution < -0.4 is 10.6 Å². The first-order valence-electron chi connectivity index (χ1n) is 3.41. The van der Waals surface area contributed by atoms with E-state index >= 15 is 0 Å². The number of hydrogen-bond acceptors (Lipinski definition) is 2. The van der Waals surface area contributed by atoms with Crippen LogP contribution in [0.4, 0.5) is 10.1 Å². The van der Waals surface area contributed by atoms with Gasteiger partial charge in [0.25, 0.3) is 0 Å². The van der Waals surface area contributed by atoms with Crippen LogP contribution in [-0.4, -0.2) is 13.7 Å². The molecule has 0 aliphatic carbocycles. The number of nitrogens with two attached hydrogens (primary N) is 1. The third-order valence-electron chi connectivity index (χ3n) is 1.54. The van der Waals surface area contributed by atoms with Crippen LogP contribution in [0.15, 0.2) is 24.3 Å². The summed E-state index contributed by atoms with van der Waals surface area (Å²) in [4.78, 5) is 1.65. The smallest absolute Gasteiger partial charge is 0.146 e. The summed E-state index contributed by atoms with van der Waals surface area (Å²) in [5, 5.41) is 0. The second-order valence-corrected chi connectivity index (χ2v) is 2.33. The topological polar surface area (TPSA) is 29.3 Å². The minimum absolute atomic E-state index is 0.236. The molecule has 0 fully saturated rings. The number of para-hydroxylation sites is 1. The maximum Gasteiger partial charge on any atom is 0.146 e. The van der Waals surface area contributed by atoms with Gasteiger partial charge in [-0.15, -0.1) is 0 Å². The second-order valence-electron chi connectivity index (χ2n) is 2.33.